The number of hydrazine groups is 1. The molecule has 0 bridgehead atoms. The SMILES string of the molecule is NNC(Cc1ccc(F)cc1F)Cc1cccc(Cl)c1Cl. The van der Waals surface area contributed by atoms with Crippen molar-refractivity contribution in [2.75, 3.05) is 0 Å². The first-order valence-electron chi connectivity index (χ1n) is 6.34. The molecule has 1 atom stereocenters. The van der Waals surface area contributed by atoms with E-state index in [1.165, 1.54) is 12.1 Å². The first-order valence-corrected chi connectivity index (χ1v) is 7.09. The van der Waals surface area contributed by atoms with Crippen molar-refractivity contribution in [2.45, 2.75) is 18.9 Å². The topological polar surface area (TPSA) is 38.0 Å². The van der Waals surface area contributed by atoms with Gasteiger partial charge in [-0.15, -0.1) is 0 Å². The van der Waals surface area contributed by atoms with E-state index in [1.54, 1.807) is 12.1 Å². The van der Waals surface area contributed by atoms with E-state index in [0.29, 0.717) is 28.5 Å². The maximum absolute atomic E-state index is 13.7. The molecule has 0 aliphatic carbocycles. The molecular formula is C15H14Cl2F2N2. The van der Waals surface area contributed by atoms with E-state index in [-0.39, 0.29) is 6.04 Å². The summed E-state index contributed by atoms with van der Waals surface area (Å²) >= 11 is 12.1. The highest BCUT2D eigenvalue weighted by atomic mass is 35.5. The molecule has 2 aromatic carbocycles. The Morgan fingerprint density at radius 1 is 1.05 bits per heavy atom. The number of hydrogen-bond acceptors (Lipinski definition) is 2. The maximum Gasteiger partial charge on any atom is 0.129 e. The van der Waals surface area contributed by atoms with Gasteiger partial charge in [-0.3, -0.25) is 11.3 Å². The maximum atomic E-state index is 13.7. The van der Waals surface area contributed by atoms with Gasteiger partial charge in [0.1, 0.15) is 11.6 Å². The number of nitrogens with one attached hydrogen (secondary N) is 1. The molecule has 2 nitrogen and oxygen atoms in total. The Morgan fingerprint density at radius 2 is 1.76 bits per heavy atom. The summed E-state index contributed by atoms with van der Waals surface area (Å²) in [6, 6.07) is 8.55. The molecule has 0 amide bonds. The van der Waals surface area contributed by atoms with Gasteiger partial charge in [0.25, 0.3) is 0 Å². The van der Waals surface area contributed by atoms with E-state index in [4.69, 9.17) is 29.0 Å². The van der Waals surface area contributed by atoms with Crippen LogP contribution in [-0.4, -0.2) is 6.04 Å². The summed E-state index contributed by atoms with van der Waals surface area (Å²) in [5.41, 5.74) is 3.83. The number of benzene rings is 2. The minimum absolute atomic E-state index is 0.249. The molecule has 0 spiro atoms. The molecule has 0 aromatic heterocycles. The van der Waals surface area contributed by atoms with Crippen molar-refractivity contribution in [3.8, 4) is 0 Å². The van der Waals surface area contributed by atoms with Crippen LogP contribution >= 0.6 is 23.2 Å². The van der Waals surface area contributed by atoms with Crippen molar-refractivity contribution < 1.29 is 8.78 Å². The van der Waals surface area contributed by atoms with E-state index in [1.807, 2.05) is 6.07 Å². The Kier molecular flexibility index (Phi) is 5.53. The highest BCUT2D eigenvalue weighted by molar-refractivity contribution is 6.42. The van der Waals surface area contributed by atoms with Crippen molar-refractivity contribution in [1.82, 2.24) is 5.43 Å². The molecule has 0 aliphatic heterocycles. The fraction of sp³-hybridized carbons (Fsp3) is 0.200. The van der Waals surface area contributed by atoms with E-state index in [9.17, 15) is 8.78 Å². The molecule has 3 N–H and O–H groups in total. The van der Waals surface area contributed by atoms with Gasteiger partial charge < -0.3 is 0 Å². The van der Waals surface area contributed by atoms with Crippen LogP contribution in [0.25, 0.3) is 0 Å². The molecule has 21 heavy (non-hydrogen) atoms. The zero-order valence-corrected chi connectivity index (χ0v) is 12.6. The quantitative estimate of drug-likeness (QED) is 0.644. The van der Waals surface area contributed by atoms with Gasteiger partial charge >= 0.3 is 0 Å². The van der Waals surface area contributed by atoms with Crippen LogP contribution in [0, 0.1) is 11.6 Å². The molecule has 0 heterocycles. The summed E-state index contributed by atoms with van der Waals surface area (Å²) in [5, 5.41) is 0.914. The summed E-state index contributed by atoms with van der Waals surface area (Å²) in [5.74, 6) is 4.32. The first kappa shape index (κ1) is 16.2. The molecule has 0 radical (unpaired) electrons. The van der Waals surface area contributed by atoms with E-state index in [2.05, 4.69) is 5.43 Å². The number of rotatable bonds is 5. The fourth-order valence-electron chi connectivity index (χ4n) is 2.11. The van der Waals surface area contributed by atoms with Crippen LogP contribution < -0.4 is 11.3 Å². The van der Waals surface area contributed by atoms with E-state index < -0.39 is 11.6 Å². The van der Waals surface area contributed by atoms with Gasteiger partial charge in [0.05, 0.1) is 10.0 Å². The zero-order valence-electron chi connectivity index (χ0n) is 11.0. The van der Waals surface area contributed by atoms with Crippen molar-refractivity contribution in [3.63, 3.8) is 0 Å². The largest absolute Gasteiger partial charge is 0.271 e. The number of nitrogens with two attached hydrogens (primary N) is 1. The molecule has 0 fully saturated rings. The Bertz CT molecular complexity index is 635. The third-order valence-electron chi connectivity index (χ3n) is 3.22. The molecule has 0 saturated carbocycles. The standard InChI is InChI=1S/C15H14Cl2F2N2/c16-13-3-1-2-10(15(13)17)7-12(21-20)6-9-4-5-11(18)8-14(9)19/h1-5,8,12,21H,6-7,20H2. The minimum atomic E-state index is -0.605. The second-order valence-electron chi connectivity index (χ2n) is 4.72. The third-order valence-corrected chi connectivity index (χ3v) is 4.07. The van der Waals surface area contributed by atoms with Gasteiger partial charge in [-0.2, -0.15) is 0 Å². The Hall–Kier alpha value is -1.20. The zero-order chi connectivity index (χ0) is 15.4. The molecule has 2 aromatic rings. The summed E-state index contributed by atoms with van der Waals surface area (Å²) < 4.78 is 26.6. The second-order valence-corrected chi connectivity index (χ2v) is 5.51. The lowest BCUT2D eigenvalue weighted by molar-refractivity contribution is 0.502. The van der Waals surface area contributed by atoms with Crippen molar-refractivity contribution in [1.29, 1.82) is 0 Å². The summed E-state index contributed by atoms with van der Waals surface area (Å²) in [6.07, 6.45) is 0.790. The van der Waals surface area contributed by atoms with Crippen LogP contribution in [0.3, 0.4) is 0 Å². The van der Waals surface area contributed by atoms with Gasteiger partial charge in [-0.05, 0) is 36.1 Å². The Labute approximate surface area is 131 Å². The van der Waals surface area contributed by atoms with Crippen LogP contribution in [0.15, 0.2) is 36.4 Å². The van der Waals surface area contributed by atoms with Gasteiger partial charge in [-0.25, -0.2) is 8.78 Å². The fourth-order valence-corrected chi connectivity index (χ4v) is 2.51. The lowest BCUT2D eigenvalue weighted by Gasteiger charge is -2.17. The van der Waals surface area contributed by atoms with Gasteiger partial charge in [0, 0.05) is 12.1 Å². The molecule has 0 aliphatic rings. The van der Waals surface area contributed by atoms with Gasteiger partial charge in [0.2, 0.25) is 0 Å². The summed E-state index contributed by atoms with van der Waals surface area (Å²) in [4.78, 5) is 0. The number of hydrogen-bond donors (Lipinski definition) is 2. The Morgan fingerprint density at radius 3 is 2.43 bits per heavy atom. The Balaban J connectivity index is 2.15. The smallest absolute Gasteiger partial charge is 0.129 e. The lowest BCUT2D eigenvalue weighted by atomic mass is 9.99. The first-order chi connectivity index (χ1) is 10.0. The van der Waals surface area contributed by atoms with Crippen molar-refractivity contribution in [3.05, 3.63) is 69.2 Å². The van der Waals surface area contributed by atoms with E-state index in [0.717, 1.165) is 11.6 Å². The monoisotopic (exact) mass is 330 g/mol. The average Bonchev–Trinajstić information content (AvgIpc) is 2.45. The van der Waals surface area contributed by atoms with Crippen LogP contribution in [0.5, 0.6) is 0 Å². The average molecular weight is 331 g/mol. The highest BCUT2D eigenvalue weighted by Gasteiger charge is 2.15. The lowest BCUT2D eigenvalue weighted by Crippen LogP contribution is -2.38. The molecule has 6 heteroatoms. The highest BCUT2D eigenvalue weighted by Crippen LogP contribution is 2.27. The molecular weight excluding hydrogens is 317 g/mol. The summed E-state index contributed by atoms with van der Waals surface area (Å²) in [7, 11) is 0. The van der Waals surface area contributed by atoms with E-state index >= 15 is 0 Å². The van der Waals surface area contributed by atoms with Crippen molar-refractivity contribution >= 4 is 23.2 Å². The predicted octanol–water partition coefficient (Wildman–Crippen LogP) is 3.89. The molecule has 2 rings (SSSR count). The molecule has 112 valence electrons. The van der Waals surface area contributed by atoms with Crippen LogP contribution in [0.4, 0.5) is 8.78 Å². The predicted molar refractivity (Wildman–Crippen MR) is 81.3 cm³/mol. The van der Waals surface area contributed by atoms with Gasteiger partial charge in [-0.1, -0.05) is 41.4 Å². The van der Waals surface area contributed by atoms with Crippen LogP contribution in [-0.2, 0) is 12.8 Å². The van der Waals surface area contributed by atoms with Gasteiger partial charge in [0.15, 0.2) is 0 Å². The molecule has 1 unspecified atom stereocenters. The second kappa shape index (κ2) is 7.18. The molecule has 0 saturated heterocycles. The summed E-state index contributed by atoms with van der Waals surface area (Å²) in [6.45, 7) is 0. The number of halogens is 4. The third kappa shape index (κ3) is 4.14. The van der Waals surface area contributed by atoms with Crippen LogP contribution in [0.2, 0.25) is 10.0 Å². The van der Waals surface area contributed by atoms with Crippen LogP contribution in [0.1, 0.15) is 11.1 Å². The minimum Gasteiger partial charge on any atom is -0.271 e. The normalized spacial score (nSPS) is 12.4. The van der Waals surface area contributed by atoms with Crippen molar-refractivity contribution in [2.24, 2.45) is 5.84 Å².